The van der Waals surface area contributed by atoms with Gasteiger partial charge in [-0.25, -0.2) is 4.99 Å². The van der Waals surface area contributed by atoms with E-state index >= 15 is 0 Å². The minimum atomic E-state index is 0.369. The van der Waals surface area contributed by atoms with Gasteiger partial charge in [0.1, 0.15) is 0 Å². The fraction of sp³-hybridized carbons (Fsp3) is 0.294. The number of pyridine rings is 1. The van der Waals surface area contributed by atoms with Gasteiger partial charge in [-0.1, -0.05) is 37.6 Å². The number of aromatic nitrogens is 1. The largest absolute Gasteiger partial charge is 0.370 e. The standard InChI is InChI=1S/C17H21ClN4/c1-3-12(2)13-4-7-15(8-5-13)22-17(19)21-11-16-9-6-14(18)10-20-16/h4-10,12H,3,11H2,1-2H3,(H3,19,21,22). The molecule has 0 aliphatic carbocycles. The Morgan fingerprint density at radius 3 is 2.59 bits per heavy atom. The highest BCUT2D eigenvalue weighted by Crippen LogP contribution is 2.20. The summed E-state index contributed by atoms with van der Waals surface area (Å²) in [5, 5.41) is 3.69. The zero-order chi connectivity index (χ0) is 15.9. The summed E-state index contributed by atoms with van der Waals surface area (Å²) in [7, 11) is 0. The molecule has 0 aliphatic heterocycles. The van der Waals surface area contributed by atoms with Crippen LogP contribution >= 0.6 is 11.6 Å². The molecule has 0 fully saturated rings. The molecule has 0 bridgehead atoms. The lowest BCUT2D eigenvalue weighted by molar-refractivity contribution is 0.734. The van der Waals surface area contributed by atoms with E-state index in [-0.39, 0.29) is 0 Å². The van der Waals surface area contributed by atoms with Crippen LogP contribution < -0.4 is 11.1 Å². The van der Waals surface area contributed by atoms with Crippen molar-refractivity contribution in [1.29, 1.82) is 0 Å². The second-order valence-corrected chi connectivity index (χ2v) is 5.66. The molecule has 0 spiro atoms. The average molecular weight is 317 g/mol. The van der Waals surface area contributed by atoms with Gasteiger partial charge >= 0.3 is 0 Å². The Bertz CT molecular complexity index is 620. The number of hydrogen-bond acceptors (Lipinski definition) is 2. The predicted octanol–water partition coefficient (Wildman–Crippen LogP) is 4.18. The monoisotopic (exact) mass is 316 g/mol. The Labute approximate surface area is 136 Å². The SMILES string of the molecule is CCC(C)c1ccc(NC(N)=NCc2ccc(Cl)cn2)cc1. The fourth-order valence-corrected chi connectivity index (χ4v) is 2.10. The summed E-state index contributed by atoms with van der Waals surface area (Å²) in [6.45, 7) is 4.82. The highest BCUT2D eigenvalue weighted by molar-refractivity contribution is 6.30. The number of hydrogen-bond donors (Lipinski definition) is 2. The van der Waals surface area contributed by atoms with Crippen LogP contribution in [0.3, 0.4) is 0 Å². The van der Waals surface area contributed by atoms with Crippen LogP contribution in [-0.4, -0.2) is 10.9 Å². The first-order valence-corrected chi connectivity index (χ1v) is 7.73. The van der Waals surface area contributed by atoms with Gasteiger partial charge in [-0.3, -0.25) is 4.98 Å². The van der Waals surface area contributed by atoms with Crippen LogP contribution in [0, 0.1) is 0 Å². The van der Waals surface area contributed by atoms with E-state index in [4.69, 9.17) is 17.3 Å². The molecule has 0 amide bonds. The third kappa shape index (κ3) is 4.74. The number of rotatable bonds is 5. The molecule has 1 atom stereocenters. The first-order chi connectivity index (χ1) is 10.6. The molecular formula is C17H21ClN4. The Kier molecular flexibility index (Phi) is 5.78. The molecule has 0 saturated carbocycles. The summed E-state index contributed by atoms with van der Waals surface area (Å²) < 4.78 is 0. The molecule has 2 rings (SSSR count). The molecule has 2 aromatic rings. The maximum atomic E-state index is 5.89. The normalized spacial score (nSPS) is 13.0. The van der Waals surface area contributed by atoms with Crippen molar-refractivity contribution in [3.63, 3.8) is 0 Å². The third-order valence-electron chi connectivity index (χ3n) is 3.56. The van der Waals surface area contributed by atoms with E-state index < -0.39 is 0 Å². The van der Waals surface area contributed by atoms with Gasteiger partial charge in [0.2, 0.25) is 0 Å². The number of benzene rings is 1. The summed E-state index contributed by atoms with van der Waals surface area (Å²) in [4.78, 5) is 8.45. The summed E-state index contributed by atoms with van der Waals surface area (Å²) >= 11 is 5.79. The van der Waals surface area contributed by atoms with E-state index in [9.17, 15) is 0 Å². The van der Waals surface area contributed by atoms with Crippen LogP contribution in [0.15, 0.2) is 47.6 Å². The Morgan fingerprint density at radius 2 is 2.00 bits per heavy atom. The van der Waals surface area contributed by atoms with Crippen LogP contribution in [0.5, 0.6) is 0 Å². The van der Waals surface area contributed by atoms with Crippen molar-refractivity contribution >= 4 is 23.2 Å². The maximum Gasteiger partial charge on any atom is 0.193 e. The molecule has 1 unspecified atom stereocenters. The summed E-state index contributed by atoms with van der Waals surface area (Å²) in [5.41, 5.74) is 8.97. The minimum absolute atomic E-state index is 0.369. The number of nitrogens with one attached hydrogen (secondary N) is 1. The van der Waals surface area contributed by atoms with Crippen molar-refractivity contribution in [2.24, 2.45) is 10.7 Å². The van der Waals surface area contributed by atoms with E-state index in [2.05, 4.69) is 41.3 Å². The topological polar surface area (TPSA) is 63.3 Å². The molecule has 1 heterocycles. The summed E-state index contributed by atoms with van der Waals surface area (Å²) in [5.74, 6) is 0.934. The van der Waals surface area contributed by atoms with Gasteiger partial charge in [0.15, 0.2) is 5.96 Å². The smallest absolute Gasteiger partial charge is 0.193 e. The molecular weight excluding hydrogens is 296 g/mol. The number of guanidine groups is 1. The maximum absolute atomic E-state index is 5.89. The fourth-order valence-electron chi connectivity index (χ4n) is 1.98. The van der Waals surface area contributed by atoms with Crippen LogP contribution in [0.4, 0.5) is 5.69 Å². The Hall–Kier alpha value is -2.07. The van der Waals surface area contributed by atoms with Gasteiger partial charge in [-0.05, 0) is 42.2 Å². The number of halogens is 1. The van der Waals surface area contributed by atoms with Crippen LogP contribution in [0.2, 0.25) is 5.02 Å². The van der Waals surface area contributed by atoms with Gasteiger partial charge in [0.25, 0.3) is 0 Å². The van der Waals surface area contributed by atoms with E-state index in [1.807, 2.05) is 18.2 Å². The van der Waals surface area contributed by atoms with Crippen molar-refractivity contribution in [3.05, 3.63) is 58.9 Å². The van der Waals surface area contributed by atoms with Gasteiger partial charge < -0.3 is 11.1 Å². The number of nitrogens with zero attached hydrogens (tertiary/aromatic N) is 2. The van der Waals surface area contributed by atoms with E-state index in [0.717, 1.165) is 17.8 Å². The third-order valence-corrected chi connectivity index (χ3v) is 3.79. The first kappa shape index (κ1) is 16.3. The summed E-state index contributed by atoms with van der Waals surface area (Å²) in [6.07, 6.45) is 2.73. The van der Waals surface area contributed by atoms with Gasteiger partial charge in [-0.15, -0.1) is 0 Å². The molecule has 4 nitrogen and oxygen atoms in total. The lowest BCUT2D eigenvalue weighted by atomic mass is 9.99. The molecule has 5 heteroatoms. The Morgan fingerprint density at radius 1 is 1.27 bits per heavy atom. The van der Waals surface area contributed by atoms with Crippen LogP contribution in [0.25, 0.3) is 0 Å². The quantitative estimate of drug-likeness (QED) is 0.642. The molecule has 0 radical (unpaired) electrons. The molecule has 116 valence electrons. The first-order valence-electron chi connectivity index (χ1n) is 7.35. The number of anilines is 1. The van der Waals surface area contributed by atoms with Crippen molar-refractivity contribution in [2.75, 3.05) is 5.32 Å². The van der Waals surface area contributed by atoms with Crippen molar-refractivity contribution in [1.82, 2.24) is 4.98 Å². The van der Waals surface area contributed by atoms with Crippen molar-refractivity contribution in [2.45, 2.75) is 32.7 Å². The molecule has 0 saturated heterocycles. The van der Waals surface area contributed by atoms with E-state index in [0.29, 0.717) is 23.4 Å². The number of nitrogens with two attached hydrogens (primary N) is 1. The lowest BCUT2D eigenvalue weighted by Crippen LogP contribution is -2.22. The predicted molar refractivity (Wildman–Crippen MR) is 93.3 cm³/mol. The van der Waals surface area contributed by atoms with Crippen LogP contribution in [-0.2, 0) is 6.54 Å². The number of aliphatic imine (C=N–C) groups is 1. The second-order valence-electron chi connectivity index (χ2n) is 5.23. The van der Waals surface area contributed by atoms with Crippen LogP contribution in [0.1, 0.15) is 37.4 Å². The molecule has 1 aromatic carbocycles. The zero-order valence-corrected chi connectivity index (χ0v) is 13.6. The molecule has 1 aromatic heterocycles. The summed E-state index contributed by atoms with van der Waals surface area (Å²) in [6, 6.07) is 11.9. The zero-order valence-electron chi connectivity index (χ0n) is 12.9. The van der Waals surface area contributed by atoms with E-state index in [1.165, 1.54) is 5.56 Å². The van der Waals surface area contributed by atoms with Gasteiger partial charge in [0, 0.05) is 11.9 Å². The van der Waals surface area contributed by atoms with Crippen molar-refractivity contribution in [3.8, 4) is 0 Å². The lowest BCUT2D eigenvalue weighted by Gasteiger charge is -2.10. The van der Waals surface area contributed by atoms with E-state index in [1.54, 1.807) is 12.3 Å². The van der Waals surface area contributed by atoms with Crippen molar-refractivity contribution < 1.29 is 0 Å². The second kappa shape index (κ2) is 7.80. The highest BCUT2D eigenvalue weighted by atomic mass is 35.5. The minimum Gasteiger partial charge on any atom is -0.370 e. The molecule has 0 aliphatic rings. The molecule has 3 N–H and O–H groups in total. The highest BCUT2D eigenvalue weighted by Gasteiger charge is 2.03. The Balaban J connectivity index is 1.94. The average Bonchev–Trinajstić information content (AvgIpc) is 2.54. The van der Waals surface area contributed by atoms with Gasteiger partial charge in [-0.2, -0.15) is 0 Å². The van der Waals surface area contributed by atoms with Gasteiger partial charge in [0.05, 0.1) is 17.3 Å². The molecule has 22 heavy (non-hydrogen) atoms.